The van der Waals surface area contributed by atoms with Gasteiger partial charge in [-0.05, 0) is 44.9 Å². The van der Waals surface area contributed by atoms with Gasteiger partial charge in [0.05, 0.1) is 16.7 Å². The maximum Gasteiger partial charge on any atom is 0.344 e. The summed E-state index contributed by atoms with van der Waals surface area (Å²) in [6.07, 6.45) is 3.88. The number of rotatable bonds is 5. The van der Waals surface area contributed by atoms with Crippen LogP contribution in [0, 0.1) is 0 Å². The second kappa shape index (κ2) is 8.74. The second-order valence-corrected chi connectivity index (χ2v) is 9.74. The molecule has 0 bridgehead atoms. The fraction of sp³-hybridized carbons (Fsp3) is 0.476. The summed E-state index contributed by atoms with van der Waals surface area (Å²) in [5, 5.41) is 4.78. The molecule has 1 saturated carbocycles. The number of imide groups is 1. The molecular formula is C21H24ClN5O4S. The topological polar surface area (TPSA) is 113 Å². The summed E-state index contributed by atoms with van der Waals surface area (Å²) < 4.78 is 1.51. The van der Waals surface area contributed by atoms with Crippen molar-refractivity contribution < 1.29 is 14.4 Å². The van der Waals surface area contributed by atoms with Crippen LogP contribution in [0.1, 0.15) is 52.0 Å². The van der Waals surface area contributed by atoms with E-state index in [1.165, 1.54) is 4.57 Å². The van der Waals surface area contributed by atoms with E-state index in [4.69, 9.17) is 11.6 Å². The van der Waals surface area contributed by atoms with Crippen LogP contribution in [0.3, 0.4) is 0 Å². The molecule has 0 radical (unpaired) electrons. The lowest BCUT2D eigenvalue weighted by Gasteiger charge is -2.30. The van der Waals surface area contributed by atoms with Crippen molar-refractivity contribution in [3.63, 3.8) is 0 Å². The number of nitrogens with zero attached hydrogens (tertiary/aromatic N) is 3. The zero-order valence-corrected chi connectivity index (χ0v) is 19.4. The number of carbonyl (C=O) groups excluding carboxylic acids is 3. The molecule has 4 rings (SSSR count). The molecule has 2 fully saturated rings. The lowest BCUT2D eigenvalue weighted by molar-refractivity contribution is -0.139. The SMILES string of the molecule is CC(C)n1c(SCC(=O)NN2C(=O)NC3(CCCCC3)C2=O)nc2cc(Cl)ccc2c1=O. The van der Waals surface area contributed by atoms with Crippen molar-refractivity contribution in [2.45, 2.75) is 62.7 Å². The number of hydrogen-bond acceptors (Lipinski definition) is 6. The summed E-state index contributed by atoms with van der Waals surface area (Å²) in [6, 6.07) is 4.07. The largest absolute Gasteiger partial charge is 0.344 e. The molecule has 4 amide bonds. The summed E-state index contributed by atoms with van der Waals surface area (Å²) in [4.78, 5) is 55.2. The van der Waals surface area contributed by atoms with Crippen LogP contribution in [0.4, 0.5) is 4.79 Å². The summed E-state index contributed by atoms with van der Waals surface area (Å²) in [5.41, 5.74) is 1.71. The zero-order valence-electron chi connectivity index (χ0n) is 17.8. The first-order valence-corrected chi connectivity index (χ1v) is 11.9. The third-order valence-corrected chi connectivity index (χ3v) is 6.97. The van der Waals surface area contributed by atoms with Crippen molar-refractivity contribution in [1.29, 1.82) is 0 Å². The number of amides is 4. The highest BCUT2D eigenvalue weighted by molar-refractivity contribution is 7.99. The lowest BCUT2D eigenvalue weighted by Crippen LogP contribution is -2.51. The summed E-state index contributed by atoms with van der Waals surface area (Å²) >= 11 is 7.10. The number of hydrogen-bond donors (Lipinski definition) is 2. The van der Waals surface area contributed by atoms with Crippen molar-refractivity contribution >= 4 is 52.1 Å². The third-order valence-electron chi connectivity index (χ3n) is 5.79. The molecule has 2 heterocycles. The molecule has 2 aliphatic rings. The van der Waals surface area contributed by atoms with Crippen LogP contribution < -0.4 is 16.3 Å². The van der Waals surface area contributed by atoms with Crippen LogP contribution >= 0.6 is 23.4 Å². The number of carbonyl (C=O) groups is 3. The van der Waals surface area contributed by atoms with Crippen LogP contribution in [-0.2, 0) is 9.59 Å². The molecule has 11 heteroatoms. The highest BCUT2D eigenvalue weighted by atomic mass is 35.5. The van der Waals surface area contributed by atoms with Crippen molar-refractivity contribution in [1.82, 2.24) is 25.3 Å². The van der Waals surface area contributed by atoms with Crippen molar-refractivity contribution in [3.05, 3.63) is 33.6 Å². The van der Waals surface area contributed by atoms with Gasteiger partial charge in [-0.15, -0.1) is 0 Å². The number of thioether (sulfide) groups is 1. The van der Waals surface area contributed by atoms with Gasteiger partial charge >= 0.3 is 6.03 Å². The first-order chi connectivity index (χ1) is 15.2. The fourth-order valence-electron chi connectivity index (χ4n) is 4.21. The Labute approximate surface area is 193 Å². The van der Waals surface area contributed by atoms with Gasteiger partial charge in [0, 0.05) is 11.1 Å². The maximum absolute atomic E-state index is 12.9. The molecule has 1 aliphatic carbocycles. The van der Waals surface area contributed by atoms with Gasteiger partial charge in [0.15, 0.2) is 5.16 Å². The minimum absolute atomic E-state index is 0.130. The van der Waals surface area contributed by atoms with E-state index < -0.39 is 23.4 Å². The first kappa shape index (κ1) is 22.6. The minimum atomic E-state index is -0.910. The van der Waals surface area contributed by atoms with Gasteiger partial charge in [0.2, 0.25) is 5.91 Å². The van der Waals surface area contributed by atoms with E-state index >= 15 is 0 Å². The minimum Gasteiger partial charge on any atom is -0.322 e. The van der Waals surface area contributed by atoms with E-state index in [-0.39, 0.29) is 17.4 Å². The highest BCUT2D eigenvalue weighted by Crippen LogP contribution is 2.33. The number of hydrazine groups is 1. The number of aromatic nitrogens is 2. The molecule has 1 spiro atoms. The third kappa shape index (κ3) is 4.09. The van der Waals surface area contributed by atoms with E-state index in [0.717, 1.165) is 36.0 Å². The van der Waals surface area contributed by atoms with Crippen LogP contribution in [0.25, 0.3) is 10.9 Å². The molecule has 2 N–H and O–H groups in total. The van der Waals surface area contributed by atoms with Gasteiger partial charge in [-0.25, -0.2) is 9.78 Å². The van der Waals surface area contributed by atoms with Gasteiger partial charge in [-0.3, -0.25) is 24.4 Å². The van der Waals surface area contributed by atoms with Crippen LogP contribution in [-0.4, -0.2) is 43.7 Å². The quantitative estimate of drug-likeness (QED) is 0.389. The normalized spacial score (nSPS) is 17.9. The highest BCUT2D eigenvalue weighted by Gasteiger charge is 2.52. The zero-order chi connectivity index (χ0) is 23.0. The Kier molecular flexibility index (Phi) is 6.17. The molecule has 2 aromatic rings. The Balaban J connectivity index is 1.50. The predicted molar refractivity (Wildman–Crippen MR) is 121 cm³/mol. The van der Waals surface area contributed by atoms with Gasteiger partial charge < -0.3 is 5.32 Å². The van der Waals surface area contributed by atoms with Crippen LogP contribution in [0.2, 0.25) is 5.02 Å². The Morgan fingerprint density at radius 3 is 2.66 bits per heavy atom. The predicted octanol–water partition coefficient (Wildman–Crippen LogP) is 3.01. The monoisotopic (exact) mass is 477 g/mol. The van der Waals surface area contributed by atoms with Crippen LogP contribution in [0.15, 0.2) is 28.2 Å². The number of benzene rings is 1. The number of halogens is 1. The molecule has 0 unspecified atom stereocenters. The smallest absolute Gasteiger partial charge is 0.322 e. The molecule has 1 aromatic heterocycles. The fourth-order valence-corrected chi connectivity index (χ4v) is 5.30. The Morgan fingerprint density at radius 2 is 1.97 bits per heavy atom. The standard InChI is InChI=1S/C21H24ClN5O4S/c1-12(2)26-17(29)14-7-6-13(22)10-15(14)23-20(26)32-11-16(28)25-27-18(30)21(24-19(27)31)8-4-3-5-9-21/h6-7,10,12H,3-5,8-9,11H2,1-2H3,(H,24,31)(H,25,28). The van der Waals surface area contributed by atoms with Crippen molar-refractivity contribution in [3.8, 4) is 0 Å². The number of nitrogens with one attached hydrogen (secondary N) is 2. The molecule has 1 aliphatic heterocycles. The lowest BCUT2D eigenvalue weighted by atomic mass is 9.82. The van der Waals surface area contributed by atoms with Gasteiger partial charge in [0.1, 0.15) is 5.54 Å². The number of urea groups is 1. The molecular weight excluding hydrogens is 454 g/mol. The van der Waals surface area contributed by atoms with E-state index in [1.807, 2.05) is 13.8 Å². The summed E-state index contributed by atoms with van der Waals surface area (Å²) in [5.74, 6) is -1.09. The van der Waals surface area contributed by atoms with E-state index in [2.05, 4.69) is 15.7 Å². The molecule has 170 valence electrons. The molecule has 1 saturated heterocycles. The maximum atomic E-state index is 12.9. The Bertz CT molecular complexity index is 1160. The molecule has 9 nitrogen and oxygen atoms in total. The van der Waals surface area contributed by atoms with Gasteiger partial charge in [-0.2, -0.15) is 5.01 Å². The van der Waals surface area contributed by atoms with E-state index in [0.29, 0.717) is 33.9 Å². The van der Waals surface area contributed by atoms with Crippen molar-refractivity contribution in [2.24, 2.45) is 0 Å². The number of fused-ring (bicyclic) bond motifs is 1. The Hall–Kier alpha value is -2.59. The molecule has 0 atom stereocenters. The second-order valence-electron chi connectivity index (χ2n) is 8.36. The average Bonchev–Trinajstić information content (AvgIpc) is 2.96. The van der Waals surface area contributed by atoms with E-state index in [9.17, 15) is 19.2 Å². The van der Waals surface area contributed by atoms with Gasteiger partial charge in [0.25, 0.3) is 11.5 Å². The first-order valence-electron chi connectivity index (χ1n) is 10.5. The average molecular weight is 478 g/mol. The van der Waals surface area contributed by atoms with Gasteiger partial charge in [-0.1, -0.05) is 42.6 Å². The Morgan fingerprint density at radius 1 is 1.25 bits per heavy atom. The van der Waals surface area contributed by atoms with E-state index in [1.54, 1.807) is 18.2 Å². The summed E-state index contributed by atoms with van der Waals surface area (Å²) in [6.45, 7) is 3.71. The van der Waals surface area contributed by atoms with Crippen LogP contribution in [0.5, 0.6) is 0 Å². The summed E-state index contributed by atoms with van der Waals surface area (Å²) in [7, 11) is 0. The molecule has 1 aromatic carbocycles. The molecule has 32 heavy (non-hydrogen) atoms. The van der Waals surface area contributed by atoms with Crippen molar-refractivity contribution in [2.75, 3.05) is 5.75 Å².